The third-order valence-corrected chi connectivity index (χ3v) is 6.54. The zero-order valence-electron chi connectivity index (χ0n) is 18.4. The Hall–Kier alpha value is -2.50. The van der Waals surface area contributed by atoms with E-state index in [1.165, 1.54) is 5.69 Å². The van der Waals surface area contributed by atoms with Gasteiger partial charge in [-0.15, -0.1) is 0 Å². The minimum Gasteiger partial charge on any atom is -0.445 e. The monoisotopic (exact) mass is 471 g/mol. The Balaban J connectivity index is 1.55. The molecule has 2 heterocycles. The van der Waals surface area contributed by atoms with Crippen LogP contribution in [0.1, 0.15) is 43.3 Å². The predicted octanol–water partition coefficient (Wildman–Crippen LogP) is 6.57. The van der Waals surface area contributed by atoms with Crippen molar-refractivity contribution in [3.63, 3.8) is 0 Å². The maximum absolute atomic E-state index is 12.7. The molecule has 5 nitrogen and oxygen atoms in total. The van der Waals surface area contributed by atoms with Crippen LogP contribution in [0.3, 0.4) is 0 Å². The molecule has 1 amide bonds. The fraction of sp³-hybridized carbons (Fsp3) is 0.360. The quantitative estimate of drug-likeness (QED) is 0.422. The lowest BCUT2D eigenvalue weighted by Crippen LogP contribution is -2.34. The predicted molar refractivity (Wildman–Crippen MR) is 128 cm³/mol. The lowest BCUT2D eigenvalue weighted by atomic mass is 10.1. The highest BCUT2D eigenvalue weighted by molar-refractivity contribution is 6.36. The summed E-state index contributed by atoms with van der Waals surface area (Å²) in [6, 6.07) is 15.5. The molecule has 0 spiro atoms. The van der Waals surface area contributed by atoms with E-state index < -0.39 is 0 Å². The number of rotatable bonds is 5. The van der Waals surface area contributed by atoms with Gasteiger partial charge < -0.3 is 14.2 Å². The van der Waals surface area contributed by atoms with Crippen molar-refractivity contribution in [2.45, 2.75) is 45.8 Å². The van der Waals surface area contributed by atoms with E-state index in [1.807, 2.05) is 42.5 Å². The summed E-state index contributed by atoms with van der Waals surface area (Å²) >= 11 is 12.6. The van der Waals surface area contributed by atoms with E-state index in [-0.39, 0.29) is 18.7 Å². The number of ether oxygens (including phenoxy) is 1. The van der Waals surface area contributed by atoms with Crippen LogP contribution in [0.5, 0.6) is 0 Å². The van der Waals surface area contributed by atoms with Crippen LogP contribution in [0.15, 0.2) is 48.5 Å². The van der Waals surface area contributed by atoms with Crippen LogP contribution in [-0.4, -0.2) is 33.6 Å². The number of hydrogen-bond acceptors (Lipinski definition) is 3. The van der Waals surface area contributed by atoms with Gasteiger partial charge in [0.2, 0.25) is 0 Å². The molecule has 0 fully saturated rings. The molecule has 0 radical (unpaired) electrons. The molecular weight excluding hydrogens is 445 g/mol. The van der Waals surface area contributed by atoms with Crippen LogP contribution in [0.25, 0.3) is 11.4 Å². The Bertz CT molecular complexity index is 1100. The van der Waals surface area contributed by atoms with Crippen LogP contribution in [0.4, 0.5) is 4.79 Å². The third kappa shape index (κ3) is 4.79. The first-order valence-corrected chi connectivity index (χ1v) is 11.7. The number of benzene rings is 2. The van der Waals surface area contributed by atoms with Gasteiger partial charge >= 0.3 is 6.09 Å². The fourth-order valence-electron chi connectivity index (χ4n) is 4.08. The van der Waals surface area contributed by atoms with Gasteiger partial charge in [0.15, 0.2) is 0 Å². The second-order valence-corrected chi connectivity index (χ2v) is 8.95. The molecule has 32 heavy (non-hydrogen) atoms. The van der Waals surface area contributed by atoms with Gasteiger partial charge in [-0.2, -0.15) is 0 Å². The number of fused-ring (bicyclic) bond motifs is 1. The molecule has 0 N–H and O–H groups in total. The van der Waals surface area contributed by atoms with Crippen molar-refractivity contribution in [2.75, 3.05) is 13.1 Å². The standard InChI is InChI=1S/C25H27Cl2N3O2/c1-3-17(2)30-23-12-14-29(25(31)32-16-18-7-5-4-6-8-18)13-11-22(23)28-24(30)20-10-9-19(26)15-21(20)27/h4-10,15,17H,3,11-14,16H2,1-2H3. The van der Waals surface area contributed by atoms with E-state index in [2.05, 4.69) is 18.4 Å². The first kappa shape index (κ1) is 22.7. The van der Waals surface area contributed by atoms with E-state index in [9.17, 15) is 4.79 Å². The smallest absolute Gasteiger partial charge is 0.410 e. The molecule has 0 aliphatic carbocycles. The van der Waals surface area contributed by atoms with Gasteiger partial charge in [0.1, 0.15) is 12.4 Å². The summed E-state index contributed by atoms with van der Waals surface area (Å²) in [4.78, 5) is 19.4. The summed E-state index contributed by atoms with van der Waals surface area (Å²) in [5, 5.41) is 1.19. The lowest BCUT2D eigenvalue weighted by Gasteiger charge is -2.21. The minimum absolute atomic E-state index is 0.254. The summed E-state index contributed by atoms with van der Waals surface area (Å²) in [7, 11) is 0. The molecule has 1 aliphatic rings. The van der Waals surface area contributed by atoms with Crippen LogP contribution in [0, 0.1) is 0 Å². The maximum atomic E-state index is 12.7. The molecule has 1 aliphatic heterocycles. The molecule has 2 aromatic carbocycles. The highest BCUT2D eigenvalue weighted by atomic mass is 35.5. The van der Waals surface area contributed by atoms with E-state index in [1.54, 1.807) is 11.0 Å². The number of halogens is 2. The van der Waals surface area contributed by atoms with Crippen molar-refractivity contribution in [1.82, 2.24) is 14.5 Å². The number of carbonyl (C=O) groups is 1. The molecule has 3 aromatic rings. The van der Waals surface area contributed by atoms with Crippen LogP contribution >= 0.6 is 23.2 Å². The molecule has 7 heteroatoms. The second-order valence-electron chi connectivity index (χ2n) is 8.11. The average molecular weight is 472 g/mol. The Morgan fingerprint density at radius 2 is 1.88 bits per heavy atom. The van der Waals surface area contributed by atoms with Crippen LogP contribution in [0.2, 0.25) is 10.0 Å². The molecule has 1 unspecified atom stereocenters. The number of imidazole rings is 1. The summed E-state index contributed by atoms with van der Waals surface area (Å²) in [6.45, 7) is 5.79. The second kappa shape index (κ2) is 9.97. The van der Waals surface area contributed by atoms with Crippen molar-refractivity contribution in [2.24, 2.45) is 0 Å². The van der Waals surface area contributed by atoms with Crippen molar-refractivity contribution < 1.29 is 9.53 Å². The Morgan fingerprint density at radius 1 is 1.12 bits per heavy atom. The lowest BCUT2D eigenvalue weighted by molar-refractivity contribution is 0.0976. The van der Waals surface area contributed by atoms with E-state index >= 15 is 0 Å². The number of nitrogens with zero attached hydrogens (tertiary/aromatic N) is 3. The molecule has 4 rings (SSSR count). The van der Waals surface area contributed by atoms with Gasteiger partial charge in [0.25, 0.3) is 0 Å². The maximum Gasteiger partial charge on any atom is 0.410 e. The van der Waals surface area contributed by atoms with Gasteiger partial charge in [0, 0.05) is 48.3 Å². The first-order valence-electron chi connectivity index (χ1n) is 11.0. The van der Waals surface area contributed by atoms with Gasteiger partial charge in [-0.3, -0.25) is 0 Å². The molecule has 1 aromatic heterocycles. The molecule has 0 saturated carbocycles. The van der Waals surface area contributed by atoms with Gasteiger partial charge in [-0.05, 0) is 37.1 Å². The summed E-state index contributed by atoms with van der Waals surface area (Å²) < 4.78 is 7.83. The highest BCUT2D eigenvalue weighted by Gasteiger charge is 2.27. The Labute approximate surface area is 198 Å². The van der Waals surface area contributed by atoms with E-state index in [0.29, 0.717) is 29.6 Å². The zero-order valence-corrected chi connectivity index (χ0v) is 19.9. The van der Waals surface area contributed by atoms with Gasteiger partial charge in [-0.1, -0.05) is 60.5 Å². The van der Waals surface area contributed by atoms with Crippen LogP contribution in [-0.2, 0) is 24.2 Å². The van der Waals surface area contributed by atoms with Gasteiger partial charge in [0.05, 0.1) is 10.7 Å². The van der Waals surface area contributed by atoms with Gasteiger partial charge in [-0.25, -0.2) is 9.78 Å². The molecule has 1 atom stereocenters. The minimum atomic E-state index is -0.282. The SMILES string of the molecule is CCC(C)n1c(-c2ccc(Cl)cc2Cl)nc2c1CCN(C(=O)OCc1ccccc1)CC2. The third-order valence-electron chi connectivity index (χ3n) is 6.00. The largest absolute Gasteiger partial charge is 0.445 e. The number of hydrogen-bond donors (Lipinski definition) is 0. The van der Waals surface area contributed by atoms with Crippen molar-refractivity contribution >= 4 is 29.3 Å². The number of amides is 1. The number of carbonyl (C=O) groups excluding carboxylic acids is 1. The zero-order chi connectivity index (χ0) is 22.7. The van der Waals surface area contributed by atoms with Crippen molar-refractivity contribution in [3.05, 3.63) is 75.5 Å². The Morgan fingerprint density at radius 3 is 2.59 bits per heavy atom. The normalized spacial score (nSPS) is 14.6. The van der Waals surface area contributed by atoms with E-state index in [4.69, 9.17) is 32.9 Å². The van der Waals surface area contributed by atoms with E-state index in [0.717, 1.165) is 35.5 Å². The highest BCUT2D eigenvalue weighted by Crippen LogP contribution is 2.35. The first-order chi connectivity index (χ1) is 15.5. The van der Waals surface area contributed by atoms with Crippen LogP contribution < -0.4 is 0 Å². The average Bonchev–Trinajstić information content (AvgIpc) is 3.02. The van der Waals surface area contributed by atoms with Crippen molar-refractivity contribution in [1.29, 1.82) is 0 Å². The number of aromatic nitrogens is 2. The summed E-state index contributed by atoms with van der Waals surface area (Å²) in [5.74, 6) is 0.867. The molecule has 0 bridgehead atoms. The fourth-order valence-corrected chi connectivity index (χ4v) is 4.58. The molecular formula is C25H27Cl2N3O2. The summed E-state index contributed by atoms with van der Waals surface area (Å²) in [6.07, 6.45) is 2.08. The topological polar surface area (TPSA) is 47.4 Å². The summed E-state index contributed by atoms with van der Waals surface area (Å²) in [5.41, 5.74) is 4.04. The Kier molecular flexibility index (Phi) is 7.07. The molecule has 168 valence electrons. The van der Waals surface area contributed by atoms with Crippen molar-refractivity contribution in [3.8, 4) is 11.4 Å². The molecule has 0 saturated heterocycles.